The van der Waals surface area contributed by atoms with E-state index in [1.165, 1.54) is 20.3 Å². The lowest BCUT2D eigenvalue weighted by molar-refractivity contribution is -0.142. The second kappa shape index (κ2) is 8.80. The maximum atomic E-state index is 12.5. The van der Waals surface area contributed by atoms with Gasteiger partial charge in [0.1, 0.15) is 6.04 Å². The lowest BCUT2D eigenvalue weighted by Crippen LogP contribution is -2.43. The van der Waals surface area contributed by atoms with Crippen molar-refractivity contribution in [2.45, 2.75) is 19.4 Å². The predicted molar refractivity (Wildman–Crippen MR) is 95.9 cm³/mol. The summed E-state index contributed by atoms with van der Waals surface area (Å²) >= 11 is 0. The minimum absolute atomic E-state index is 0.256. The Morgan fingerprint density at radius 2 is 1.65 bits per heavy atom. The monoisotopic (exact) mass is 355 g/mol. The Kier molecular flexibility index (Phi) is 6.49. The normalized spacial score (nSPS) is 11.3. The number of carbonyl (C=O) groups is 3. The average Bonchev–Trinajstić information content (AvgIpc) is 2.67. The Morgan fingerprint density at radius 3 is 2.31 bits per heavy atom. The molecule has 0 fully saturated rings. The second-order valence-electron chi connectivity index (χ2n) is 5.75. The smallest absolute Gasteiger partial charge is 0.337 e. The van der Waals surface area contributed by atoms with Crippen molar-refractivity contribution in [1.82, 2.24) is 5.32 Å². The molecule has 0 aliphatic rings. The molecule has 1 amide bonds. The highest BCUT2D eigenvalue weighted by molar-refractivity contribution is 5.99. The molecule has 136 valence electrons. The van der Waals surface area contributed by atoms with Gasteiger partial charge in [-0.3, -0.25) is 4.79 Å². The van der Waals surface area contributed by atoms with Crippen LogP contribution in [0.4, 0.5) is 0 Å². The first kappa shape index (κ1) is 19.2. The highest BCUT2D eigenvalue weighted by Crippen LogP contribution is 2.12. The van der Waals surface area contributed by atoms with Crippen LogP contribution in [0.1, 0.15) is 31.8 Å². The summed E-state index contributed by atoms with van der Waals surface area (Å²) in [5.41, 5.74) is 2.47. The lowest BCUT2D eigenvalue weighted by Gasteiger charge is -2.18. The second-order valence-corrected chi connectivity index (χ2v) is 5.75. The summed E-state index contributed by atoms with van der Waals surface area (Å²) in [6, 6.07) is 12.9. The number of nitrogens with one attached hydrogen (secondary N) is 1. The summed E-state index contributed by atoms with van der Waals surface area (Å²) in [5.74, 6) is -1.55. The molecule has 0 saturated heterocycles. The van der Waals surface area contributed by atoms with Gasteiger partial charge in [0.2, 0.25) is 0 Å². The van der Waals surface area contributed by atoms with Crippen LogP contribution in [-0.4, -0.2) is 38.1 Å². The minimum Gasteiger partial charge on any atom is -0.467 e. The molecule has 0 saturated carbocycles. The van der Waals surface area contributed by atoms with Crippen LogP contribution in [0.3, 0.4) is 0 Å². The van der Waals surface area contributed by atoms with Crippen LogP contribution in [0.15, 0.2) is 48.5 Å². The molecule has 1 N–H and O–H groups in total. The number of carbonyl (C=O) groups excluding carboxylic acids is 3. The first-order valence-electron chi connectivity index (χ1n) is 8.07. The highest BCUT2D eigenvalue weighted by Gasteiger charge is 2.23. The van der Waals surface area contributed by atoms with Crippen molar-refractivity contribution in [1.29, 1.82) is 0 Å². The Labute approximate surface area is 152 Å². The summed E-state index contributed by atoms with van der Waals surface area (Å²) in [5, 5.41) is 2.68. The highest BCUT2D eigenvalue weighted by atomic mass is 16.5. The molecule has 0 aliphatic heterocycles. The van der Waals surface area contributed by atoms with Crippen molar-refractivity contribution in [3.05, 3.63) is 70.8 Å². The van der Waals surface area contributed by atoms with Crippen molar-refractivity contribution < 1.29 is 23.9 Å². The Balaban J connectivity index is 2.20. The zero-order chi connectivity index (χ0) is 19.1. The largest absolute Gasteiger partial charge is 0.467 e. The molecule has 6 nitrogen and oxygen atoms in total. The maximum absolute atomic E-state index is 12.5. The molecule has 2 rings (SSSR count). The van der Waals surface area contributed by atoms with E-state index in [4.69, 9.17) is 4.74 Å². The van der Waals surface area contributed by atoms with Crippen LogP contribution in [0.25, 0.3) is 0 Å². The molecule has 0 aliphatic carbocycles. The Bertz CT molecular complexity index is 815. The van der Waals surface area contributed by atoms with E-state index < -0.39 is 23.9 Å². The number of esters is 2. The van der Waals surface area contributed by atoms with Crippen LogP contribution in [0.2, 0.25) is 0 Å². The van der Waals surface area contributed by atoms with E-state index in [-0.39, 0.29) is 11.1 Å². The Hall–Kier alpha value is -3.15. The van der Waals surface area contributed by atoms with Gasteiger partial charge in [-0.15, -0.1) is 0 Å². The van der Waals surface area contributed by atoms with Gasteiger partial charge in [-0.05, 0) is 36.2 Å². The Morgan fingerprint density at radius 1 is 0.962 bits per heavy atom. The fourth-order valence-electron chi connectivity index (χ4n) is 2.54. The standard InChI is InChI=1S/C20H21NO5/c1-13-7-4-5-8-14(13)12-17(20(24)26-3)21-18(22)15-9-6-10-16(11-15)19(23)25-2/h4-11,17H,12H2,1-3H3,(H,21,22)/t17-/m1/s1. The van der Waals surface area contributed by atoms with Gasteiger partial charge in [0.05, 0.1) is 19.8 Å². The summed E-state index contributed by atoms with van der Waals surface area (Å²) < 4.78 is 9.47. The van der Waals surface area contributed by atoms with Gasteiger partial charge < -0.3 is 14.8 Å². The van der Waals surface area contributed by atoms with Crippen molar-refractivity contribution in [3.8, 4) is 0 Å². The molecular formula is C20H21NO5. The number of benzene rings is 2. The lowest BCUT2D eigenvalue weighted by atomic mass is 10.0. The van der Waals surface area contributed by atoms with E-state index in [0.29, 0.717) is 6.42 Å². The third-order valence-electron chi connectivity index (χ3n) is 4.02. The van der Waals surface area contributed by atoms with E-state index in [9.17, 15) is 14.4 Å². The number of aryl methyl sites for hydroxylation is 1. The van der Waals surface area contributed by atoms with Gasteiger partial charge in [-0.25, -0.2) is 9.59 Å². The fourth-order valence-corrected chi connectivity index (χ4v) is 2.54. The first-order valence-corrected chi connectivity index (χ1v) is 8.07. The van der Waals surface area contributed by atoms with Crippen molar-refractivity contribution in [3.63, 3.8) is 0 Å². The first-order chi connectivity index (χ1) is 12.5. The zero-order valence-corrected chi connectivity index (χ0v) is 14.9. The van der Waals surface area contributed by atoms with E-state index >= 15 is 0 Å². The van der Waals surface area contributed by atoms with Crippen LogP contribution in [0, 0.1) is 6.92 Å². The topological polar surface area (TPSA) is 81.7 Å². The van der Waals surface area contributed by atoms with E-state index in [1.54, 1.807) is 18.2 Å². The summed E-state index contributed by atoms with van der Waals surface area (Å²) in [6.45, 7) is 1.94. The molecule has 26 heavy (non-hydrogen) atoms. The molecule has 1 atom stereocenters. The quantitative estimate of drug-likeness (QED) is 0.804. The molecular weight excluding hydrogens is 334 g/mol. The van der Waals surface area contributed by atoms with E-state index in [2.05, 4.69) is 10.1 Å². The number of hydrogen-bond donors (Lipinski definition) is 1. The summed E-state index contributed by atoms with van der Waals surface area (Å²) in [4.78, 5) is 36.3. The van der Waals surface area contributed by atoms with Crippen molar-refractivity contribution in [2.24, 2.45) is 0 Å². The van der Waals surface area contributed by atoms with Crippen LogP contribution in [-0.2, 0) is 20.7 Å². The minimum atomic E-state index is -0.838. The van der Waals surface area contributed by atoms with Gasteiger partial charge in [-0.1, -0.05) is 30.3 Å². The molecule has 2 aromatic rings. The van der Waals surface area contributed by atoms with Gasteiger partial charge in [0, 0.05) is 12.0 Å². The molecule has 0 spiro atoms. The number of ether oxygens (including phenoxy) is 2. The third kappa shape index (κ3) is 4.69. The van der Waals surface area contributed by atoms with Gasteiger partial charge >= 0.3 is 11.9 Å². The van der Waals surface area contributed by atoms with E-state index in [1.807, 2.05) is 31.2 Å². The predicted octanol–water partition coefficient (Wildman–Crippen LogP) is 2.30. The molecule has 0 aromatic heterocycles. The SMILES string of the molecule is COC(=O)c1cccc(C(=O)N[C@H](Cc2ccccc2C)C(=O)OC)c1. The molecule has 0 bridgehead atoms. The molecule has 0 heterocycles. The number of methoxy groups -OCH3 is 2. The summed E-state index contributed by atoms with van der Waals surface area (Å²) in [6.07, 6.45) is 0.307. The van der Waals surface area contributed by atoms with Crippen LogP contribution in [0.5, 0.6) is 0 Å². The fraction of sp³-hybridized carbons (Fsp3) is 0.250. The molecule has 2 aromatic carbocycles. The van der Waals surface area contributed by atoms with Gasteiger partial charge in [0.25, 0.3) is 5.91 Å². The van der Waals surface area contributed by atoms with Crippen LogP contribution < -0.4 is 5.32 Å². The maximum Gasteiger partial charge on any atom is 0.337 e. The number of amides is 1. The van der Waals surface area contributed by atoms with E-state index in [0.717, 1.165) is 11.1 Å². The van der Waals surface area contributed by atoms with Gasteiger partial charge in [0.15, 0.2) is 0 Å². The molecule has 6 heteroatoms. The van der Waals surface area contributed by atoms with Gasteiger partial charge in [-0.2, -0.15) is 0 Å². The zero-order valence-electron chi connectivity index (χ0n) is 14.9. The van der Waals surface area contributed by atoms with Crippen molar-refractivity contribution in [2.75, 3.05) is 14.2 Å². The number of rotatable bonds is 6. The number of hydrogen-bond acceptors (Lipinski definition) is 5. The average molecular weight is 355 g/mol. The van der Waals surface area contributed by atoms with Crippen molar-refractivity contribution >= 4 is 17.8 Å². The molecule has 0 radical (unpaired) electrons. The molecule has 0 unspecified atom stereocenters. The summed E-state index contributed by atoms with van der Waals surface area (Å²) in [7, 11) is 2.54. The van der Waals surface area contributed by atoms with Crippen LogP contribution >= 0.6 is 0 Å². The third-order valence-corrected chi connectivity index (χ3v) is 4.02.